The molecule has 0 aliphatic carbocycles. The molecule has 1 aliphatic heterocycles. The summed E-state index contributed by atoms with van der Waals surface area (Å²) in [6.45, 7) is 1.23. The maximum absolute atomic E-state index is 12.1. The van der Waals surface area contributed by atoms with E-state index in [-0.39, 0.29) is 25.1 Å². The van der Waals surface area contributed by atoms with Gasteiger partial charge in [0.05, 0.1) is 6.26 Å². The fourth-order valence-electron chi connectivity index (χ4n) is 2.21. The number of nitrogens with zero attached hydrogens (tertiary/aromatic N) is 3. The fraction of sp³-hybridized carbons (Fsp3) is 0.643. The zero-order chi connectivity index (χ0) is 19.0. The number of carbonyl (C=O) groups excluding carboxylic acids is 1. The monoisotopic (exact) mass is 390 g/mol. The van der Waals surface area contributed by atoms with Crippen LogP contribution < -0.4 is 5.32 Å². The second kappa shape index (κ2) is 9.65. The zero-order valence-electron chi connectivity index (χ0n) is 14.1. The number of carboxylic acid groups (broad SMARTS) is 1. The maximum Gasteiger partial charge on any atom is 0.326 e. The largest absolute Gasteiger partial charge is 0.480 e. The number of rotatable bonds is 8. The van der Waals surface area contributed by atoms with E-state index in [4.69, 9.17) is 5.11 Å². The summed E-state index contributed by atoms with van der Waals surface area (Å²) in [5, 5.41) is 20.7. The summed E-state index contributed by atoms with van der Waals surface area (Å²) in [6.07, 6.45) is 4.57. The highest BCUT2D eigenvalue weighted by molar-refractivity contribution is 7.98. The highest BCUT2D eigenvalue weighted by Gasteiger charge is 2.24. The first-order valence-corrected chi connectivity index (χ1v) is 10.8. The number of piperazine rings is 1. The highest BCUT2D eigenvalue weighted by atomic mass is 32.2. The summed E-state index contributed by atoms with van der Waals surface area (Å²) < 4.78 is 24.3. The van der Waals surface area contributed by atoms with Gasteiger partial charge in [0.2, 0.25) is 10.0 Å². The summed E-state index contributed by atoms with van der Waals surface area (Å²) in [5.74, 6) is -1.33. The molecule has 0 radical (unpaired) electrons. The second-order valence-corrected chi connectivity index (χ2v) is 8.47. The molecule has 0 bridgehead atoms. The molecular weight excluding hydrogens is 368 g/mol. The Hall–Kier alpha value is -1.77. The zero-order valence-corrected chi connectivity index (χ0v) is 15.8. The first-order chi connectivity index (χ1) is 11.7. The molecule has 0 aromatic carbocycles. The normalized spacial score (nSPS) is 17.6. The molecule has 1 atom stereocenters. The molecule has 25 heavy (non-hydrogen) atoms. The second-order valence-electron chi connectivity index (χ2n) is 5.50. The van der Waals surface area contributed by atoms with Crippen molar-refractivity contribution in [3.8, 4) is 6.07 Å². The van der Waals surface area contributed by atoms with Crippen LogP contribution in [0.4, 0.5) is 0 Å². The minimum absolute atomic E-state index is 0.205. The Labute approximate surface area is 151 Å². The number of aliphatic carboxylic acids is 1. The van der Waals surface area contributed by atoms with Crippen LogP contribution in [-0.2, 0) is 19.6 Å². The number of sulfonamides is 1. The van der Waals surface area contributed by atoms with E-state index in [1.54, 1.807) is 11.0 Å². The third kappa shape index (κ3) is 6.93. The summed E-state index contributed by atoms with van der Waals surface area (Å²) >= 11 is 1.46. The molecule has 2 N–H and O–H groups in total. The number of amides is 1. The molecule has 1 heterocycles. The first-order valence-electron chi connectivity index (χ1n) is 7.52. The van der Waals surface area contributed by atoms with Gasteiger partial charge in [-0.25, -0.2) is 13.2 Å². The Bertz CT molecular complexity index is 663. The van der Waals surface area contributed by atoms with Crippen LogP contribution in [0.5, 0.6) is 0 Å². The Kier molecular flexibility index (Phi) is 8.21. The number of nitrogens with one attached hydrogen (secondary N) is 1. The number of thioether (sulfide) groups is 1. The van der Waals surface area contributed by atoms with Crippen LogP contribution in [0.3, 0.4) is 0 Å². The van der Waals surface area contributed by atoms with Crippen LogP contribution in [-0.4, -0.2) is 85.1 Å². The van der Waals surface area contributed by atoms with Crippen LogP contribution in [0.2, 0.25) is 0 Å². The molecule has 1 unspecified atom stereocenters. The highest BCUT2D eigenvalue weighted by Crippen LogP contribution is 2.09. The molecule has 1 rings (SSSR count). The minimum Gasteiger partial charge on any atom is -0.480 e. The lowest BCUT2D eigenvalue weighted by Gasteiger charge is -2.32. The summed E-state index contributed by atoms with van der Waals surface area (Å²) in [5.41, 5.74) is -0.205. The number of carbonyl (C=O) groups is 2. The minimum atomic E-state index is -3.26. The van der Waals surface area contributed by atoms with Gasteiger partial charge in [-0.3, -0.25) is 4.79 Å². The number of nitriles is 1. The van der Waals surface area contributed by atoms with Gasteiger partial charge in [-0.1, -0.05) is 0 Å². The Morgan fingerprint density at radius 1 is 1.36 bits per heavy atom. The molecule has 140 valence electrons. The van der Waals surface area contributed by atoms with Gasteiger partial charge < -0.3 is 15.3 Å². The standard InChI is InChI=1S/C14H22N4O5S2/c1-24-8-3-12(14(20)21)16-13(19)11(9-15)10-17-4-6-18(7-5-17)25(2,22)23/h10,12H,3-8H2,1-2H3,(H,16,19)(H,20,21)/b11-10-. The number of hydrogen-bond donors (Lipinski definition) is 2. The van der Waals surface area contributed by atoms with Crippen molar-refractivity contribution in [3.63, 3.8) is 0 Å². The van der Waals surface area contributed by atoms with Crippen molar-refractivity contribution >= 4 is 33.7 Å². The van der Waals surface area contributed by atoms with E-state index in [1.807, 2.05) is 6.26 Å². The van der Waals surface area contributed by atoms with Crippen molar-refractivity contribution in [2.24, 2.45) is 0 Å². The van der Waals surface area contributed by atoms with Crippen molar-refractivity contribution in [2.75, 3.05) is 44.4 Å². The van der Waals surface area contributed by atoms with Gasteiger partial charge in [-0.15, -0.1) is 0 Å². The van der Waals surface area contributed by atoms with E-state index < -0.39 is 27.9 Å². The third-order valence-corrected chi connectivity index (χ3v) is 5.58. The van der Waals surface area contributed by atoms with Gasteiger partial charge in [0.25, 0.3) is 5.91 Å². The third-order valence-electron chi connectivity index (χ3n) is 3.63. The average molecular weight is 390 g/mol. The molecule has 0 aromatic rings. The van der Waals surface area contributed by atoms with E-state index in [0.717, 1.165) is 6.26 Å². The van der Waals surface area contributed by atoms with Gasteiger partial charge in [0, 0.05) is 32.4 Å². The van der Waals surface area contributed by atoms with Crippen molar-refractivity contribution in [1.29, 1.82) is 5.26 Å². The smallest absolute Gasteiger partial charge is 0.326 e. The summed E-state index contributed by atoms with van der Waals surface area (Å²) in [7, 11) is -3.26. The van der Waals surface area contributed by atoms with Gasteiger partial charge in [0.1, 0.15) is 17.7 Å². The molecule has 11 heteroatoms. The molecule has 0 spiro atoms. The summed E-state index contributed by atoms with van der Waals surface area (Å²) in [6, 6.07) is 0.712. The van der Waals surface area contributed by atoms with Gasteiger partial charge >= 0.3 is 5.97 Å². The molecule has 0 saturated carbocycles. The van der Waals surface area contributed by atoms with Gasteiger partial charge in [-0.2, -0.15) is 21.3 Å². The molecule has 1 fully saturated rings. The molecule has 9 nitrogen and oxygen atoms in total. The maximum atomic E-state index is 12.1. The lowest BCUT2D eigenvalue weighted by atomic mass is 10.2. The van der Waals surface area contributed by atoms with Crippen LogP contribution in [0.25, 0.3) is 0 Å². The van der Waals surface area contributed by atoms with E-state index >= 15 is 0 Å². The number of hydrogen-bond acceptors (Lipinski definition) is 7. The quantitative estimate of drug-likeness (QED) is 0.411. The SMILES string of the molecule is CSCCC(NC(=O)/C(C#N)=C\N1CCN(S(C)(=O)=O)CC1)C(=O)O. The van der Waals surface area contributed by atoms with E-state index in [0.29, 0.717) is 18.8 Å². The molecular formula is C14H22N4O5S2. The van der Waals surface area contributed by atoms with Crippen LogP contribution in [0.1, 0.15) is 6.42 Å². The Morgan fingerprint density at radius 3 is 2.40 bits per heavy atom. The van der Waals surface area contributed by atoms with Crippen molar-refractivity contribution in [2.45, 2.75) is 12.5 Å². The van der Waals surface area contributed by atoms with Crippen LogP contribution in [0.15, 0.2) is 11.8 Å². The molecule has 1 aliphatic rings. The van der Waals surface area contributed by atoms with E-state index in [9.17, 15) is 23.3 Å². The summed E-state index contributed by atoms with van der Waals surface area (Å²) in [4.78, 5) is 25.0. The van der Waals surface area contributed by atoms with E-state index in [1.165, 1.54) is 22.3 Å². The van der Waals surface area contributed by atoms with Crippen LogP contribution in [0, 0.1) is 11.3 Å². The number of carboxylic acids is 1. The lowest BCUT2D eigenvalue weighted by Crippen LogP contribution is -2.47. The van der Waals surface area contributed by atoms with Gasteiger partial charge in [0.15, 0.2) is 0 Å². The van der Waals surface area contributed by atoms with Crippen molar-refractivity contribution < 1.29 is 23.1 Å². The van der Waals surface area contributed by atoms with E-state index in [2.05, 4.69) is 5.32 Å². The average Bonchev–Trinajstić information content (AvgIpc) is 2.55. The topological polar surface area (TPSA) is 131 Å². The van der Waals surface area contributed by atoms with Crippen molar-refractivity contribution in [1.82, 2.24) is 14.5 Å². The van der Waals surface area contributed by atoms with Crippen molar-refractivity contribution in [3.05, 3.63) is 11.8 Å². The predicted octanol–water partition coefficient (Wildman–Crippen LogP) is -0.706. The fourth-order valence-corrected chi connectivity index (χ4v) is 3.51. The molecule has 1 saturated heterocycles. The molecule has 1 amide bonds. The Morgan fingerprint density at radius 2 is 1.96 bits per heavy atom. The molecule has 0 aromatic heterocycles. The Balaban J connectivity index is 2.71. The lowest BCUT2D eigenvalue weighted by molar-refractivity contribution is -0.141. The van der Waals surface area contributed by atoms with Gasteiger partial charge in [-0.05, 0) is 18.4 Å². The predicted molar refractivity (Wildman–Crippen MR) is 94.3 cm³/mol. The first kappa shape index (κ1) is 21.3. The van der Waals surface area contributed by atoms with Crippen LogP contribution >= 0.6 is 11.8 Å².